The van der Waals surface area contributed by atoms with Gasteiger partial charge in [-0.25, -0.2) is 0 Å². The highest BCUT2D eigenvalue weighted by atomic mass is 32.1. The molecule has 4 rings (SSSR count). The predicted octanol–water partition coefficient (Wildman–Crippen LogP) is 2.77. The number of carbonyl (C=O) groups is 2. The maximum Gasteiger partial charge on any atom is 0.264 e. The van der Waals surface area contributed by atoms with Gasteiger partial charge in [0.1, 0.15) is 6.04 Å². The van der Waals surface area contributed by atoms with Crippen LogP contribution >= 0.6 is 11.3 Å². The highest BCUT2D eigenvalue weighted by molar-refractivity contribution is 7.12. The number of nitrogens with zero attached hydrogens (tertiary/aromatic N) is 1. The first kappa shape index (κ1) is 18.0. The van der Waals surface area contributed by atoms with Crippen LogP contribution in [0, 0.1) is 11.8 Å². The van der Waals surface area contributed by atoms with Gasteiger partial charge in [0.2, 0.25) is 5.91 Å². The van der Waals surface area contributed by atoms with Gasteiger partial charge in [-0.15, -0.1) is 11.3 Å². The Kier molecular flexibility index (Phi) is 5.32. The van der Waals surface area contributed by atoms with Gasteiger partial charge in [-0.05, 0) is 68.2 Å². The Bertz CT molecular complexity index is 633. The van der Waals surface area contributed by atoms with Crippen LogP contribution in [0.4, 0.5) is 0 Å². The Morgan fingerprint density at radius 1 is 1.12 bits per heavy atom. The molecule has 3 atom stereocenters. The molecule has 3 aliphatic rings. The summed E-state index contributed by atoms with van der Waals surface area (Å²) in [5.41, 5.74) is 6.21. The molecule has 1 aromatic rings. The highest BCUT2D eigenvalue weighted by Crippen LogP contribution is 2.39. The summed E-state index contributed by atoms with van der Waals surface area (Å²) in [4.78, 5) is 28.5. The molecule has 1 aromatic heterocycles. The average molecular weight is 376 g/mol. The van der Waals surface area contributed by atoms with Crippen molar-refractivity contribution in [2.24, 2.45) is 17.6 Å². The van der Waals surface area contributed by atoms with Gasteiger partial charge in [0.05, 0.1) is 4.88 Å². The van der Waals surface area contributed by atoms with E-state index < -0.39 is 0 Å². The minimum Gasteiger partial charge on any atom is -0.351 e. The van der Waals surface area contributed by atoms with E-state index in [0.29, 0.717) is 18.4 Å². The molecule has 3 unspecified atom stereocenters. The standard InChI is InChI=1S/C20H29N3O2S/c21-15-11-13-5-3-6-14(12-15)18(13)22-19(24)16-7-1-2-9-23(16)20(25)17-8-4-10-26-17/h4,8,10,13-16,18H,1-3,5-7,9,11-12,21H2,(H,22,24). The Balaban J connectivity index is 1.46. The summed E-state index contributed by atoms with van der Waals surface area (Å²) in [5.74, 6) is 1.07. The number of amides is 2. The molecule has 3 N–H and O–H groups in total. The lowest BCUT2D eigenvalue weighted by Crippen LogP contribution is -2.59. The topological polar surface area (TPSA) is 75.4 Å². The molecule has 2 aliphatic carbocycles. The van der Waals surface area contributed by atoms with Crippen LogP contribution in [0.2, 0.25) is 0 Å². The van der Waals surface area contributed by atoms with Gasteiger partial charge in [0.15, 0.2) is 0 Å². The molecule has 5 nitrogen and oxygen atoms in total. The summed E-state index contributed by atoms with van der Waals surface area (Å²) < 4.78 is 0. The van der Waals surface area contributed by atoms with Crippen molar-refractivity contribution in [1.82, 2.24) is 10.2 Å². The zero-order valence-corrected chi connectivity index (χ0v) is 16.0. The van der Waals surface area contributed by atoms with Gasteiger partial charge < -0.3 is 16.0 Å². The smallest absolute Gasteiger partial charge is 0.264 e. The lowest BCUT2D eigenvalue weighted by molar-refractivity contribution is -0.129. The van der Waals surface area contributed by atoms with E-state index in [-0.39, 0.29) is 29.9 Å². The number of rotatable bonds is 3. The third kappa shape index (κ3) is 3.54. The lowest BCUT2D eigenvalue weighted by Gasteiger charge is -2.46. The lowest BCUT2D eigenvalue weighted by atomic mass is 9.67. The van der Waals surface area contributed by atoms with Crippen LogP contribution in [0.25, 0.3) is 0 Å². The molecule has 2 heterocycles. The summed E-state index contributed by atoms with van der Waals surface area (Å²) in [6.07, 6.45) is 8.37. The number of piperidine rings is 1. The molecule has 26 heavy (non-hydrogen) atoms. The number of fused-ring (bicyclic) bond motifs is 2. The van der Waals surface area contributed by atoms with Crippen LogP contribution in [0.1, 0.15) is 61.0 Å². The number of hydrogen-bond donors (Lipinski definition) is 2. The third-order valence-electron chi connectivity index (χ3n) is 6.48. The van der Waals surface area contributed by atoms with Crippen LogP contribution in [0.3, 0.4) is 0 Å². The second-order valence-corrected chi connectivity index (χ2v) is 9.15. The fourth-order valence-corrected chi connectivity index (χ4v) is 5.95. The van der Waals surface area contributed by atoms with Crippen molar-refractivity contribution in [3.05, 3.63) is 22.4 Å². The Morgan fingerprint density at radius 2 is 1.88 bits per heavy atom. The van der Waals surface area contributed by atoms with Crippen molar-refractivity contribution in [1.29, 1.82) is 0 Å². The van der Waals surface area contributed by atoms with E-state index >= 15 is 0 Å². The van der Waals surface area contributed by atoms with Crippen molar-refractivity contribution in [2.45, 2.75) is 69.5 Å². The Labute approximate surface area is 159 Å². The van der Waals surface area contributed by atoms with Crippen LogP contribution in [0.5, 0.6) is 0 Å². The molecule has 2 saturated carbocycles. The second kappa shape index (κ2) is 7.69. The largest absolute Gasteiger partial charge is 0.351 e. The van der Waals surface area contributed by atoms with Crippen LogP contribution in [-0.2, 0) is 4.79 Å². The van der Waals surface area contributed by atoms with Gasteiger partial charge in [-0.2, -0.15) is 0 Å². The fourth-order valence-electron chi connectivity index (χ4n) is 5.27. The van der Waals surface area contributed by atoms with Gasteiger partial charge in [0.25, 0.3) is 5.91 Å². The Morgan fingerprint density at radius 3 is 2.58 bits per heavy atom. The van der Waals surface area contributed by atoms with E-state index in [9.17, 15) is 9.59 Å². The molecule has 2 amide bonds. The zero-order chi connectivity index (χ0) is 18.1. The minimum absolute atomic E-state index is 0.00529. The van der Waals surface area contributed by atoms with E-state index in [0.717, 1.165) is 49.8 Å². The first-order valence-corrected chi connectivity index (χ1v) is 10.9. The molecule has 3 fully saturated rings. The first-order valence-electron chi connectivity index (χ1n) is 10.0. The number of likely N-dealkylation sites (tertiary alicyclic amines) is 1. The zero-order valence-electron chi connectivity index (χ0n) is 15.2. The molecule has 0 spiro atoms. The predicted molar refractivity (Wildman–Crippen MR) is 103 cm³/mol. The average Bonchev–Trinajstić information content (AvgIpc) is 3.16. The van der Waals surface area contributed by atoms with Gasteiger partial charge in [-0.3, -0.25) is 9.59 Å². The van der Waals surface area contributed by atoms with Gasteiger partial charge >= 0.3 is 0 Å². The van der Waals surface area contributed by atoms with Gasteiger partial charge in [-0.1, -0.05) is 12.5 Å². The molecule has 0 aromatic carbocycles. The van der Waals surface area contributed by atoms with Crippen molar-refractivity contribution >= 4 is 23.2 Å². The molecular weight excluding hydrogens is 346 g/mol. The van der Waals surface area contributed by atoms with E-state index in [4.69, 9.17) is 5.73 Å². The van der Waals surface area contributed by atoms with E-state index in [1.165, 1.54) is 17.8 Å². The molecule has 1 saturated heterocycles. The van der Waals surface area contributed by atoms with Crippen LogP contribution in [-0.4, -0.2) is 41.4 Å². The van der Waals surface area contributed by atoms with Crippen LogP contribution < -0.4 is 11.1 Å². The normalized spacial score (nSPS) is 34.3. The SMILES string of the molecule is NC1CC2CCCC(C1)C2NC(=O)C1CCCCN1C(=O)c1cccs1. The number of nitrogens with two attached hydrogens (primary N) is 1. The molecule has 142 valence electrons. The van der Waals surface area contributed by atoms with Crippen LogP contribution in [0.15, 0.2) is 17.5 Å². The summed E-state index contributed by atoms with van der Waals surface area (Å²) in [5, 5.41) is 5.27. The van der Waals surface area contributed by atoms with E-state index in [1.54, 1.807) is 4.90 Å². The molecule has 6 heteroatoms. The highest BCUT2D eigenvalue weighted by Gasteiger charge is 2.42. The van der Waals surface area contributed by atoms with Crippen molar-refractivity contribution in [2.75, 3.05) is 6.54 Å². The number of hydrogen-bond acceptors (Lipinski definition) is 4. The van der Waals surface area contributed by atoms with E-state index in [2.05, 4.69) is 5.32 Å². The third-order valence-corrected chi connectivity index (χ3v) is 7.34. The van der Waals surface area contributed by atoms with E-state index in [1.807, 2.05) is 17.5 Å². The second-order valence-electron chi connectivity index (χ2n) is 8.20. The first-order chi connectivity index (χ1) is 12.6. The van der Waals surface area contributed by atoms with Crippen molar-refractivity contribution < 1.29 is 9.59 Å². The fraction of sp³-hybridized carbons (Fsp3) is 0.700. The monoisotopic (exact) mass is 375 g/mol. The molecule has 2 bridgehead atoms. The van der Waals surface area contributed by atoms with Crippen molar-refractivity contribution in [3.8, 4) is 0 Å². The molecular formula is C20H29N3O2S. The van der Waals surface area contributed by atoms with Gasteiger partial charge in [0, 0.05) is 18.6 Å². The Hall–Kier alpha value is -1.40. The maximum atomic E-state index is 13.1. The summed E-state index contributed by atoms with van der Waals surface area (Å²) in [7, 11) is 0. The summed E-state index contributed by atoms with van der Waals surface area (Å²) >= 11 is 1.45. The number of thiophene rings is 1. The number of carbonyl (C=O) groups excluding carboxylic acids is 2. The quantitative estimate of drug-likeness (QED) is 0.853. The minimum atomic E-state index is -0.324. The summed E-state index contributed by atoms with van der Waals surface area (Å²) in [6.45, 7) is 0.678. The number of nitrogens with one attached hydrogen (secondary N) is 1. The summed E-state index contributed by atoms with van der Waals surface area (Å²) in [6, 6.07) is 3.95. The molecule has 1 aliphatic heterocycles. The molecule has 0 radical (unpaired) electrons. The van der Waals surface area contributed by atoms with Crippen molar-refractivity contribution in [3.63, 3.8) is 0 Å². The maximum absolute atomic E-state index is 13.1.